The molecule has 0 radical (unpaired) electrons. The lowest BCUT2D eigenvalue weighted by Gasteiger charge is -2.37. The molecule has 1 amide bonds. The van der Waals surface area contributed by atoms with Gasteiger partial charge in [0.15, 0.2) is 0 Å². The maximum atomic E-state index is 13.0. The van der Waals surface area contributed by atoms with Crippen molar-refractivity contribution in [2.75, 3.05) is 13.2 Å². The van der Waals surface area contributed by atoms with Crippen LogP contribution in [0.1, 0.15) is 12.5 Å². The van der Waals surface area contributed by atoms with Crippen molar-refractivity contribution >= 4 is 15.9 Å². The summed E-state index contributed by atoms with van der Waals surface area (Å²) in [6.07, 6.45) is -0.691. The zero-order chi connectivity index (χ0) is 20.1. The Hall–Kier alpha value is -2.46. The molecule has 1 heterocycles. The minimum Gasteiger partial charge on any atom is -0.489 e. The molecule has 1 fully saturated rings. The molecule has 2 aromatic carbocycles. The van der Waals surface area contributed by atoms with Gasteiger partial charge in [0.05, 0.1) is 17.6 Å². The third-order valence-electron chi connectivity index (χ3n) is 4.50. The molecule has 0 spiro atoms. The lowest BCUT2D eigenvalue weighted by molar-refractivity contribution is -0.142. The second kappa shape index (κ2) is 8.70. The van der Waals surface area contributed by atoms with Gasteiger partial charge >= 0.3 is 0 Å². The first-order chi connectivity index (χ1) is 13.4. The zero-order valence-corrected chi connectivity index (χ0v) is 16.1. The summed E-state index contributed by atoms with van der Waals surface area (Å²) in [6, 6.07) is 14.5. The fourth-order valence-electron chi connectivity index (χ4n) is 3.06. The topological polar surface area (TPSA) is 105 Å². The Labute approximate surface area is 163 Å². The minimum absolute atomic E-state index is 0.0109. The van der Waals surface area contributed by atoms with Gasteiger partial charge in [-0.25, -0.2) is 13.9 Å². The molecule has 28 heavy (non-hydrogen) atoms. The molecule has 3 rings (SSSR count). The SMILES string of the molecule is CC1OCCN(S(=O)(=O)c2ccc(OCc3ccccc3)cc2)[C@H]1C(=O)NO. The van der Waals surface area contributed by atoms with E-state index in [4.69, 9.17) is 14.7 Å². The van der Waals surface area contributed by atoms with E-state index in [1.54, 1.807) is 19.1 Å². The van der Waals surface area contributed by atoms with E-state index in [1.807, 2.05) is 30.3 Å². The lowest BCUT2D eigenvalue weighted by atomic mass is 10.1. The number of benzene rings is 2. The van der Waals surface area contributed by atoms with Crippen LogP contribution in [0.4, 0.5) is 0 Å². The fraction of sp³-hybridized carbons (Fsp3) is 0.316. The zero-order valence-electron chi connectivity index (χ0n) is 15.3. The van der Waals surface area contributed by atoms with Crippen LogP contribution in [-0.2, 0) is 26.2 Å². The molecule has 1 aliphatic rings. The Balaban J connectivity index is 1.76. The Morgan fingerprint density at radius 3 is 2.54 bits per heavy atom. The van der Waals surface area contributed by atoms with Crippen molar-refractivity contribution in [2.45, 2.75) is 30.6 Å². The average Bonchev–Trinajstić information content (AvgIpc) is 2.72. The summed E-state index contributed by atoms with van der Waals surface area (Å²) >= 11 is 0. The van der Waals surface area contributed by atoms with Crippen molar-refractivity contribution in [3.63, 3.8) is 0 Å². The summed E-state index contributed by atoms with van der Waals surface area (Å²) in [5.41, 5.74) is 2.51. The summed E-state index contributed by atoms with van der Waals surface area (Å²) in [4.78, 5) is 12.0. The highest BCUT2D eigenvalue weighted by molar-refractivity contribution is 7.89. The van der Waals surface area contributed by atoms with Gasteiger partial charge in [0.1, 0.15) is 18.4 Å². The third-order valence-corrected chi connectivity index (χ3v) is 6.40. The van der Waals surface area contributed by atoms with Crippen LogP contribution in [0.25, 0.3) is 0 Å². The number of nitrogens with one attached hydrogen (secondary N) is 1. The van der Waals surface area contributed by atoms with Crippen molar-refractivity contribution < 1.29 is 27.9 Å². The summed E-state index contributed by atoms with van der Waals surface area (Å²) in [5.74, 6) is -0.304. The third kappa shape index (κ3) is 4.33. The molecule has 1 aliphatic heterocycles. The van der Waals surface area contributed by atoms with Crippen molar-refractivity contribution in [3.8, 4) is 5.75 Å². The number of hydrogen-bond acceptors (Lipinski definition) is 6. The first kappa shape index (κ1) is 20.3. The number of morpholine rings is 1. The van der Waals surface area contributed by atoms with Crippen molar-refractivity contribution in [1.82, 2.24) is 9.79 Å². The van der Waals surface area contributed by atoms with Crippen LogP contribution in [0.3, 0.4) is 0 Å². The van der Waals surface area contributed by atoms with Crippen molar-refractivity contribution in [1.29, 1.82) is 0 Å². The smallest absolute Gasteiger partial charge is 0.264 e. The van der Waals surface area contributed by atoms with Crippen LogP contribution in [-0.4, -0.2) is 49.1 Å². The van der Waals surface area contributed by atoms with Gasteiger partial charge in [-0.3, -0.25) is 10.0 Å². The largest absolute Gasteiger partial charge is 0.489 e. The molecular formula is C19H22N2O6S. The maximum absolute atomic E-state index is 13.0. The van der Waals surface area contributed by atoms with E-state index in [0.29, 0.717) is 12.4 Å². The molecule has 0 aromatic heterocycles. The summed E-state index contributed by atoms with van der Waals surface area (Å²) in [5, 5.41) is 8.96. The molecule has 0 saturated carbocycles. The van der Waals surface area contributed by atoms with Crippen molar-refractivity contribution in [3.05, 3.63) is 60.2 Å². The summed E-state index contributed by atoms with van der Waals surface area (Å²) in [6.45, 7) is 2.12. The number of hydrogen-bond donors (Lipinski definition) is 2. The predicted octanol–water partition coefficient (Wildman–Crippen LogP) is 1.55. The van der Waals surface area contributed by atoms with Crippen LogP contribution in [0.2, 0.25) is 0 Å². The molecule has 2 atom stereocenters. The molecule has 150 valence electrons. The Kier molecular flexibility index (Phi) is 6.30. The van der Waals surface area contributed by atoms with E-state index in [-0.39, 0.29) is 18.0 Å². The maximum Gasteiger partial charge on any atom is 0.264 e. The summed E-state index contributed by atoms with van der Waals surface area (Å²) in [7, 11) is -3.96. The highest BCUT2D eigenvalue weighted by Gasteiger charge is 2.42. The summed E-state index contributed by atoms with van der Waals surface area (Å²) < 4.78 is 38.1. The van der Waals surface area contributed by atoms with Gasteiger partial charge in [-0.2, -0.15) is 4.31 Å². The van der Waals surface area contributed by atoms with Gasteiger partial charge < -0.3 is 9.47 Å². The second-order valence-electron chi connectivity index (χ2n) is 6.36. The Morgan fingerprint density at radius 1 is 1.21 bits per heavy atom. The Morgan fingerprint density at radius 2 is 1.89 bits per heavy atom. The number of rotatable bonds is 6. The molecule has 2 aromatic rings. The Bertz CT molecular complexity index is 902. The van der Waals surface area contributed by atoms with Crippen LogP contribution >= 0.6 is 0 Å². The number of carbonyl (C=O) groups excluding carboxylic acids is 1. The molecule has 8 nitrogen and oxygen atoms in total. The first-order valence-electron chi connectivity index (χ1n) is 8.77. The van der Waals surface area contributed by atoms with Gasteiger partial charge in [-0.1, -0.05) is 30.3 Å². The number of hydroxylamine groups is 1. The number of nitrogens with zero attached hydrogens (tertiary/aromatic N) is 1. The van der Waals surface area contributed by atoms with Gasteiger partial charge in [0, 0.05) is 6.54 Å². The van der Waals surface area contributed by atoms with Crippen molar-refractivity contribution in [2.24, 2.45) is 0 Å². The molecule has 0 bridgehead atoms. The molecular weight excluding hydrogens is 384 g/mol. The average molecular weight is 406 g/mol. The van der Waals surface area contributed by atoms with Crippen LogP contribution in [0.15, 0.2) is 59.5 Å². The molecule has 0 aliphatic carbocycles. The van der Waals surface area contributed by atoms with E-state index in [9.17, 15) is 13.2 Å². The van der Waals surface area contributed by atoms with E-state index in [2.05, 4.69) is 0 Å². The van der Waals surface area contributed by atoms with E-state index in [1.165, 1.54) is 17.6 Å². The first-order valence-corrected chi connectivity index (χ1v) is 10.2. The van der Waals surface area contributed by atoms with E-state index in [0.717, 1.165) is 9.87 Å². The minimum atomic E-state index is -3.96. The standard InChI is InChI=1S/C19H22N2O6S/c1-14-18(19(22)20-23)21(11-12-26-14)28(24,25)17-9-7-16(8-10-17)27-13-15-5-3-2-4-6-15/h2-10,14,18,23H,11-13H2,1H3,(H,20,22)/t14?,18-/m1/s1. The van der Waals surface area contributed by atoms with Crippen LogP contribution in [0.5, 0.6) is 5.75 Å². The predicted molar refractivity (Wildman–Crippen MR) is 100 cm³/mol. The molecule has 1 unspecified atom stereocenters. The van der Waals surface area contributed by atoms with Crippen LogP contribution < -0.4 is 10.2 Å². The monoisotopic (exact) mass is 406 g/mol. The normalized spacial score (nSPS) is 20.5. The molecule has 2 N–H and O–H groups in total. The second-order valence-corrected chi connectivity index (χ2v) is 8.25. The van der Waals surface area contributed by atoms with E-state index < -0.39 is 28.1 Å². The number of carbonyl (C=O) groups is 1. The molecule has 1 saturated heterocycles. The van der Waals surface area contributed by atoms with Gasteiger partial charge in [0.25, 0.3) is 5.91 Å². The lowest BCUT2D eigenvalue weighted by Crippen LogP contribution is -2.58. The quantitative estimate of drug-likeness (QED) is 0.557. The van der Waals surface area contributed by atoms with Crippen LogP contribution in [0, 0.1) is 0 Å². The fourth-order valence-corrected chi connectivity index (χ4v) is 4.69. The van der Waals surface area contributed by atoms with Gasteiger partial charge in [0.2, 0.25) is 10.0 Å². The number of amides is 1. The van der Waals surface area contributed by atoms with Gasteiger partial charge in [-0.05, 0) is 36.8 Å². The highest BCUT2D eigenvalue weighted by atomic mass is 32.2. The van der Waals surface area contributed by atoms with E-state index >= 15 is 0 Å². The van der Waals surface area contributed by atoms with Gasteiger partial charge in [-0.15, -0.1) is 0 Å². The number of ether oxygens (including phenoxy) is 2. The number of sulfonamides is 1. The molecule has 9 heteroatoms. The highest BCUT2D eigenvalue weighted by Crippen LogP contribution is 2.25.